The summed E-state index contributed by atoms with van der Waals surface area (Å²) < 4.78 is 13.9. The first-order chi connectivity index (χ1) is 52.6. The van der Waals surface area contributed by atoms with Crippen molar-refractivity contribution in [1.82, 2.24) is 0 Å². The van der Waals surface area contributed by atoms with E-state index in [0.717, 1.165) is 130 Å². The summed E-state index contributed by atoms with van der Waals surface area (Å²) in [5, 5.41) is 5.46. The number of hydrogen-bond acceptors (Lipinski definition) is 6. The molecule has 0 radical (unpaired) electrons. The Bertz CT molecular complexity index is 6460. The Kier molecular flexibility index (Phi) is 14.4. The SMILES string of the molecule is c1ccc(-c2cccc(-c3ccccc3)c2N2c3cc4c(cc3B3c5ccccc5N(c5ccc6c(c5)[te]c5ccccc56)c5cc(N(c6ccccc6)c6ccc7c(c6)[te]c6ccccc67)cc2c53)B2c3ccccc3N(c3ccccc3)c3cc(N(c5ccccc5)c5ccccc5)cc(c32)O4)cc1. The quantitative estimate of drug-likeness (QED) is 0.120. The Hall–Kier alpha value is -12.0. The fourth-order valence-corrected chi connectivity index (χ4v) is 24.1. The van der Waals surface area contributed by atoms with Crippen molar-refractivity contribution in [3.05, 3.63) is 370 Å². The third-order valence-corrected chi connectivity index (χ3v) is 28.5. The second kappa shape index (κ2) is 24.9. The van der Waals surface area contributed by atoms with Crippen LogP contribution in [0.15, 0.2) is 370 Å². The van der Waals surface area contributed by atoms with E-state index in [1.54, 1.807) is 0 Å². The van der Waals surface area contributed by atoms with Gasteiger partial charge in [-0.1, -0.05) is 109 Å². The second-order valence-electron chi connectivity index (χ2n) is 27.8. The fraction of sp³-hybridized carbons (Fsp3) is 0. The monoisotopic (exact) mass is 1580 g/mol. The van der Waals surface area contributed by atoms with E-state index in [2.05, 4.69) is 395 Å². The zero-order valence-electron chi connectivity index (χ0n) is 57.3. The van der Waals surface area contributed by atoms with Gasteiger partial charge in [-0.2, -0.15) is 0 Å². The third kappa shape index (κ3) is 9.72. The van der Waals surface area contributed by atoms with Gasteiger partial charge in [0.05, 0.1) is 5.69 Å². The molecule has 106 heavy (non-hydrogen) atoms. The molecule has 0 fully saturated rings. The molecule has 494 valence electrons. The van der Waals surface area contributed by atoms with Gasteiger partial charge in [0.2, 0.25) is 0 Å². The molecule has 0 saturated heterocycles. The first kappa shape index (κ1) is 61.5. The van der Waals surface area contributed by atoms with Gasteiger partial charge in [-0.25, -0.2) is 0 Å². The molecule has 0 spiro atoms. The summed E-state index contributed by atoms with van der Waals surface area (Å²) in [5.41, 5.74) is 28.0. The molecule has 0 saturated carbocycles. The molecule has 0 amide bonds. The Balaban J connectivity index is 0.865. The number of hydrogen-bond donors (Lipinski definition) is 0. The number of nitrogens with zero attached hydrogens (tertiary/aromatic N) is 5. The molecule has 6 nitrogen and oxygen atoms in total. The van der Waals surface area contributed by atoms with Gasteiger partial charge in [0.15, 0.2) is 0 Å². The summed E-state index contributed by atoms with van der Waals surface area (Å²) >= 11 is -1.37. The molecule has 16 aromatic carbocycles. The summed E-state index contributed by atoms with van der Waals surface area (Å²) in [6, 6.07) is 139. The minimum atomic E-state index is -0.693. The molecule has 0 bridgehead atoms. The molecule has 4 aliphatic rings. The average molecular weight is 1580 g/mol. The van der Waals surface area contributed by atoms with Gasteiger partial charge in [0.1, 0.15) is 5.75 Å². The second-order valence-corrected chi connectivity index (χ2v) is 34.0. The Morgan fingerprint density at radius 3 is 1.27 bits per heavy atom. The van der Waals surface area contributed by atoms with Crippen LogP contribution in [-0.2, 0) is 0 Å². The maximum absolute atomic E-state index is 8.01. The third-order valence-electron chi connectivity index (χ3n) is 22.0. The van der Waals surface area contributed by atoms with Crippen LogP contribution in [0.25, 0.3) is 57.4 Å². The standard InChI is InChI=1S/C96H61B2N5OTe2/c1-7-28-62(29-8-1)72-42-27-43-73(63-30-9-2-10-31-63)96(72)103-84-61-88-81(98-79-45-22-23-46-82(79)101(67-38-17-6-18-39-67)87-56-71(57-89(104-88)95(87)98)99(64-32-11-3-12-33-64)65-34-13-4-14-35-65)60-80(84)97-78-44-21-24-47-83(78)102(69-51-53-77-75-41-20-26-49-91(75)106-93(77)59-69)85-54-70(55-86(103)94(85)97)100(66-36-15-5-16-37-66)68-50-52-76-74-40-19-25-48-90(74)105-92(76)58-68/h1-61H. The molecule has 0 unspecified atom stereocenters. The summed E-state index contributed by atoms with van der Waals surface area (Å²) in [7, 11) is 0. The minimum absolute atomic E-state index is 0.225. The van der Waals surface area contributed by atoms with Crippen molar-refractivity contribution < 1.29 is 4.74 Å². The van der Waals surface area contributed by atoms with E-state index in [-0.39, 0.29) is 13.4 Å². The first-order valence-electron chi connectivity index (χ1n) is 36.3. The van der Waals surface area contributed by atoms with Crippen LogP contribution in [0.5, 0.6) is 11.5 Å². The number of fused-ring (bicyclic) bond motifs is 14. The van der Waals surface area contributed by atoms with Crippen LogP contribution in [0.2, 0.25) is 0 Å². The van der Waals surface area contributed by atoms with Crippen molar-refractivity contribution in [2.45, 2.75) is 0 Å². The van der Waals surface area contributed by atoms with Gasteiger partial charge >= 0.3 is 427 Å². The average Bonchev–Trinajstić information content (AvgIpc) is 0.799. The summed E-state index contributed by atoms with van der Waals surface area (Å²) in [5.74, 6) is 1.64. The van der Waals surface area contributed by atoms with Crippen molar-refractivity contribution in [2.75, 3.05) is 24.5 Å². The summed E-state index contributed by atoms with van der Waals surface area (Å²) in [6.07, 6.45) is 0. The smallest absolute Gasteiger partial charge is 0.311 e. The molecule has 2 aromatic heterocycles. The van der Waals surface area contributed by atoms with E-state index in [9.17, 15) is 0 Å². The van der Waals surface area contributed by atoms with Gasteiger partial charge in [-0.05, 0) is 48.5 Å². The Labute approximate surface area is 635 Å². The maximum atomic E-state index is 8.01. The molecular formula is C96H61B2N5OTe2. The summed E-state index contributed by atoms with van der Waals surface area (Å²) in [4.78, 5) is 12.7. The molecule has 22 rings (SSSR count). The number of ether oxygens (including phenoxy) is 1. The van der Waals surface area contributed by atoms with Gasteiger partial charge < -0.3 is 9.80 Å². The van der Waals surface area contributed by atoms with Crippen LogP contribution in [0.1, 0.15) is 0 Å². The number of para-hydroxylation sites is 7. The van der Waals surface area contributed by atoms with Crippen molar-refractivity contribution in [3.63, 3.8) is 0 Å². The first-order valence-corrected chi connectivity index (χ1v) is 40.9. The van der Waals surface area contributed by atoms with E-state index in [4.69, 9.17) is 4.74 Å². The fourth-order valence-electron chi connectivity index (χ4n) is 17.6. The van der Waals surface area contributed by atoms with Gasteiger partial charge in [-0.15, -0.1) is 0 Å². The van der Waals surface area contributed by atoms with E-state index in [0.29, 0.717) is 0 Å². The molecule has 4 aliphatic heterocycles. The summed E-state index contributed by atoms with van der Waals surface area (Å²) in [6.45, 7) is -0.474. The molecule has 6 heterocycles. The molecule has 10 heteroatoms. The van der Waals surface area contributed by atoms with Crippen molar-refractivity contribution in [2.24, 2.45) is 0 Å². The molecule has 0 N–H and O–H groups in total. The molecule has 0 atom stereocenters. The van der Waals surface area contributed by atoms with Crippen LogP contribution in [-0.4, -0.2) is 54.3 Å². The van der Waals surface area contributed by atoms with Crippen LogP contribution < -0.4 is 62.0 Å². The van der Waals surface area contributed by atoms with Crippen LogP contribution in [0, 0.1) is 0 Å². The predicted octanol–water partition coefficient (Wildman–Crippen LogP) is 21.2. The van der Waals surface area contributed by atoms with Crippen molar-refractivity contribution >= 4 is 208 Å². The Morgan fingerprint density at radius 2 is 0.689 bits per heavy atom. The molecular weight excluding hydrogens is 1520 g/mol. The topological polar surface area (TPSA) is 25.4 Å². The van der Waals surface area contributed by atoms with Crippen LogP contribution in [0.4, 0.5) is 85.3 Å². The minimum Gasteiger partial charge on any atom is -0.311 e. The number of anilines is 15. The van der Waals surface area contributed by atoms with Crippen LogP contribution >= 0.6 is 0 Å². The normalized spacial score (nSPS) is 12.9. The van der Waals surface area contributed by atoms with Crippen molar-refractivity contribution in [1.29, 1.82) is 0 Å². The predicted molar refractivity (Wildman–Crippen MR) is 450 cm³/mol. The Morgan fingerprint density at radius 1 is 0.245 bits per heavy atom. The van der Waals surface area contributed by atoms with Gasteiger partial charge in [-0.3, -0.25) is 0 Å². The van der Waals surface area contributed by atoms with Crippen LogP contribution in [0.3, 0.4) is 0 Å². The zero-order valence-corrected chi connectivity index (χ0v) is 62.0. The van der Waals surface area contributed by atoms with E-state index in [1.807, 2.05) is 0 Å². The molecule has 18 aromatic rings. The zero-order chi connectivity index (χ0) is 69.5. The van der Waals surface area contributed by atoms with E-state index < -0.39 is 40.9 Å². The number of benzene rings is 16. The van der Waals surface area contributed by atoms with Crippen molar-refractivity contribution in [3.8, 4) is 33.8 Å². The van der Waals surface area contributed by atoms with E-state index >= 15 is 0 Å². The van der Waals surface area contributed by atoms with Gasteiger partial charge in [0.25, 0.3) is 0 Å². The van der Waals surface area contributed by atoms with Gasteiger partial charge in [0, 0.05) is 34.5 Å². The molecule has 0 aliphatic carbocycles. The van der Waals surface area contributed by atoms with E-state index in [1.165, 1.54) is 57.0 Å². The number of rotatable bonds is 11.